The maximum absolute atomic E-state index is 13.1. The Labute approximate surface area is 164 Å². The van der Waals surface area contributed by atoms with Crippen LogP contribution in [0, 0.1) is 6.92 Å². The van der Waals surface area contributed by atoms with Gasteiger partial charge in [-0.25, -0.2) is 13.4 Å². The fraction of sp³-hybridized carbons (Fsp3) is 0.300. The van der Waals surface area contributed by atoms with E-state index in [-0.39, 0.29) is 10.9 Å². The Morgan fingerprint density at radius 3 is 2.79 bits per heavy atom. The highest BCUT2D eigenvalue weighted by Crippen LogP contribution is 2.32. The fourth-order valence-corrected chi connectivity index (χ4v) is 5.19. The zero-order valence-corrected chi connectivity index (χ0v) is 16.6. The van der Waals surface area contributed by atoms with Crippen LogP contribution in [-0.4, -0.2) is 47.5 Å². The van der Waals surface area contributed by atoms with Crippen LogP contribution in [0.1, 0.15) is 18.2 Å². The number of nitrogens with zero attached hydrogens (tertiary/aromatic N) is 4. The van der Waals surface area contributed by atoms with Crippen molar-refractivity contribution in [3.63, 3.8) is 0 Å². The predicted molar refractivity (Wildman–Crippen MR) is 106 cm³/mol. The molecule has 0 radical (unpaired) electrons. The SMILES string of the molecule is COc1cccc(S(=O)(=O)N2CCC(n3c(C)cnc3-c3cccnc3)C2)c1. The zero-order chi connectivity index (χ0) is 19.7. The predicted octanol–water partition coefficient (Wildman–Crippen LogP) is 2.90. The first kappa shape index (κ1) is 18.6. The minimum Gasteiger partial charge on any atom is -0.497 e. The number of hydrogen-bond donors (Lipinski definition) is 0. The molecule has 0 bridgehead atoms. The molecule has 1 aromatic carbocycles. The summed E-state index contributed by atoms with van der Waals surface area (Å²) < 4.78 is 35.0. The van der Waals surface area contributed by atoms with Crippen LogP contribution < -0.4 is 4.74 Å². The van der Waals surface area contributed by atoms with Gasteiger partial charge in [-0.2, -0.15) is 4.31 Å². The Hall–Kier alpha value is -2.71. The van der Waals surface area contributed by atoms with Gasteiger partial charge in [0.05, 0.1) is 18.0 Å². The zero-order valence-electron chi connectivity index (χ0n) is 15.8. The van der Waals surface area contributed by atoms with Crippen molar-refractivity contribution in [2.45, 2.75) is 24.3 Å². The molecule has 0 N–H and O–H groups in total. The topological polar surface area (TPSA) is 77.3 Å². The first-order valence-electron chi connectivity index (χ1n) is 9.09. The molecule has 1 aliphatic heterocycles. The van der Waals surface area contributed by atoms with Gasteiger partial charge in [0, 0.05) is 49.0 Å². The normalized spacial score (nSPS) is 17.7. The standard InChI is InChI=1S/C20H22N4O3S/c1-15-12-22-20(16-5-4-9-21-13-16)24(15)17-8-10-23(14-17)28(25,26)19-7-3-6-18(11-19)27-2/h3-7,9,11-13,17H,8,10,14H2,1-2H3. The van der Waals surface area contributed by atoms with Crippen LogP contribution in [0.5, 0.6) is 5.75 Å². The summed E-state index contributed by atoms with van der Waals surface area (Å²) >= 11 is 0. The van der Waals surface area contributed by atoms with Gasteiger partial charge in [-0.05, 0) is 37.6 Å². The van der Waals surface area contributed by atoms with Crippen LogP contribution in [0.4, 0.5) is 0 Å². The van der Waals surface area contributed by atoms with Gasteiger partial charge < -0.3 is 9.30 Å². The molecule has 3 heterocycles. The smallest absolute Gasteiger partial charge is 0.243 e. The van der Waals surface area contributed by atoms with Crippen LogP contribution in [0.25, 0.3) is 11.4 Å². The highest BCUT2D eigenvalue weighted by Gasteiger charge is 2.35. The summed E-state index contributed by atoms with van der Waals surface area (Å²) in [6, 6.07) is 10.5. The van der Waals surface area contributed by atoms with Gasteiger partial charge in [0.15, 0.2) is 0 Å². The molecule has 146 valence electrons. The monoisotopic (exact) mass is 398 g/mol. The van der Waals surface area contributed by atoms with Crippen molar-refractivity contribution in [2.24, 2.45) is 0 Å². The van der Waals surface area contributed by atoms with Gasteiger partial charge in [0.2, 0.25) is 10.0 Å². The Kier molecular flexibility index (Phi) is 4.91. The number of benzene rings is 1. The van der Waals surface area contributed by atoms with Crippen molar-refractivity contribution >= 4 is 10.0 Å². The van der Waals surface area contributed by atoms with Crippen molar-refractivity contribution in [3.8, 4) is 17.1 Å². The van der Waals surface area contributed by atoms with E-state index in [0.717, 1.165) is 23.5 Å². The Morgan fingerprint density at radius 1 is 1.18 bits per heavy atom. The fourth-order valence-electron chi connectivity index (χ4n) is 3.67. The van der Waals surface area contributed by atoms with Crippen molar-refractivity contribution < 1.29 is 13.2 Å². The summed E-state index contributed by atoms with van der Waals surface area (Å²) in [7, 11) is -2.05. The van der Waals surface area contributed by atoms with Crippen LogP contribution in [0.15, 0.2) is 59.9 Å². The number of aryl methyl sites for hydroxylation is 1. The number of aromatic nitrogens is 3. The molecule has 28 heavy (non-hydrogen) atoms. The van der Waals surface area contributed by atoms with E-state index in [0.29, 0.717) is 18.8 Å². The third-order valence-corrected chi connectivity index (χ3v) is 6.93. The Balaban J connectivity index is 1.62. The molecule has 3 aromatic rings. The van der Waals surface area contributed by atoms with E-state index in [9.17, 15) is 8.42 Å². The highest BCUT2D eigenvalue weighted by atomic mass is 32.2. The summed E-state index contributed by atoms with van der Waals surface area (Å²) in [5, 5.41) is 0. The molecule has 0 aliphatic carbocycles. The van der Waals surface area contributed by atoms with Crippen molar-refractivity contribution in [1.29, 1.82) is 0 Å². The molecule has 7 nitrogen and oxygen atoms in total. The van der Waals surface area contributed by atoms with Crippen LogP contribution in [-0.2, 0) is 10.0 Å². The van der Waals surface area contributed by atoms with Gasteiger partial charge >= 0.3 is 0 Å². The number of hydrogen-bond acceptors (Lipinski definition) is 5. The first-order valence-corrected chi connectivity index (χ1v) is 10.5. The van der Waals surface area contributed by atoms with E-state index < -0.39 is 10.0 Å². The molecular weight excluding hydrogens is 376 g/mol. The molecule has 2 aromatic heterocycles. The summed E-state index contributed by atoms with van der Waals surface area (Å²) in [6.07, 6.45) is 6.05. The second-order valence-electron chi connectivity index (χ2n) is 6.82. The lowest BCUT2D eigenvalue weighted by Crippen LogP contribution is -2.29. The Morgan fingerprint density at radius 2 is 2.04 bits per heavy atom. The van der Waals surface area contributed by atoms with E-state index in [1.807, 2.05) is 25.3 Å². The maximum atomic E-state index is 13.1. The van der Waals surface area contributed by atoms with Crippen LogP contribution in [0.3, 0.4) is 0 Å². The molecule has 8 heteroatoms. The average Bonchev–Trinajstić information content (AvgIpc) is 3.35. The molecule has 1 unspecified atom stereocenters. The average molecular weight is 398 g/mol. The second-order valence-corrected chi connectivity index (χ2v) is 8.76. The van der Waals surface area contributed by atoms with Crippen LogP contribution in [0.2, 0.25) is 0 Å². The maximum Gasteiger partial charge on any atom is 0.243 e. The molecule has 1 saturated heterocycles. The molecule has 1 fully saturated rings. The summed E-state index contributed by atoms with van der Waals surface area (Å²) in [5.41, 5.74) is 1.93. The van der Waals surface area contributed by atoms with Gasteiger partial charge in [0.1, 0.15) is 11.6 Å². The minimum atomic E-state index is -3.58. The minimum absolute atomic E-state index is 0.0260. The summed E-state index contributed by atoms with van der Waals surface area (Å²) in [5.74, 6) is 1.34. The van der Waals surface area contributed by atoms with Crippen molar-refractivity contribution in [1.82, 2.24) is 18.8 Å². The third-order valence-electron chi connectivity index (χ3n) is 5.07. The van der Waals surface area contributed by atoms with Gasteiger partial charge in [-0.3, -0.25) is 4.98 Å². The Bertz CT molecular complexity index is 1080. The van der Waals surface area contributed by atoms with E-state index in [1.165, 1.54) is 7.11 Å². The lowest BCUT2D eigenvalue weighted by Gasteiger charge is -2.20. The highest BCUT2D eigenvalue weighted by molar-refractivity contribution is 7.89. The first-order chi connectivity index (χ1) is 13.5. The molecule has 0 saturated carbocycles. The number of rotatable bonds is 5. The molecule has 0 amide bonds. The number of methoxy groups -OCH3 is 1. The van der Waals surface area contributed by atoms with Crippen molar-refractivity contribution in [3.05, 3.63) is 60.7 Å². The lowest BCUT2D eigenvalue weighted by atomic mass is 10.2. The van der Waals surface area contributed by atoms with Crippen molar-refractivity contribution in [2.75, 3.05) is 20.2 Å². The van der Waals surface area contributed by atoms with Gasteiger partial charge in [0.25, 0.3) is 0 Å². The molecule has 1 atom stereocenters. The summed E-state index contributed by atoms with van der Waals surface area (Å²) in [4.78, 5) is 8.97. The van der Waals surface area contributed by atoms with Crippen LogP contribution >= 0.6 is 0 Å². The molecule has 1 aliphatic rings. The van der Waals surface area contributed by atoms with E-state index in [4.69, 9.17) is 4.74 Å². The molecule has 0 spiro atoms. The second kappa shape index (κ2) is 7.37. The number of pyridine rings is 1. The van der Waals surface area contributed by atoms with Gasteiger partial charge in [-0.1, -0.05) is 6.07 Å². The van der Waals surface area contributed by atoms with E-state index in [1.54, 1.807) is 41.0 Å². The quantitative estimate of drug-likeness (QED) is 0.660. The van der Waals surface area contributed by atoms with Gasteiger partial charge in [-0.15, -0.1) is 0 Å². The number of imidazole rings is 1. The largest absolute Gasteiger partial charge is 0.497 e. The summed E-state index contributed by atoms with van der Waals surface area (Å²) in [6.45, 7) is 2.87. The van der Waals surface area contributed by atoms with E-state index >= 15 is 0 Å². The van der Waals surface area contributed by atoms with E-state index in [2.05, 4.69) is 14.5 Å². The number of ether oxygens (including phenoxy) is 1. The molecular formula is C20H22N4O3S. The lowest BCUT2D eigenvalue weighted by molar-refractivity contribution is 0.412. The molecule has 4 rings (SSSR count). The third kappa shape index (κ3) is 3.29. The number of sulfonamides is 1.